The number of ether oxygens (including phenoxy) is 2. The van der Waals surface area contributed by atoms with Crippen LogP contribution in [0.1, 0.15) is 112 Å². The van der Waals surface area contributed by atoms with Crippen LogP contribution in [-0.2, 0) is 9.53 Å². The molecule has 0 bridgehead atoms. The summed E-state index contributed by atoms with van der Waals surface area (Å²) in [6.45, 7) is 4.12. The minimum atomic E-state index is -4.66. The van der Waals surface area contributed by atoms with E-state index in [-0.39, 0.29) is 23.5 Å². The molecule has 1 N–H and O–H groups in total. The molecule has 0 aliphatic heterocycles. The summed E-state index contributed by atoms with van der Waals surface area (Å²) in [6.07, 6.45) is 2.18. The van der Waals surface area contributed by atoms with E-state index in [1.165, 1.54) is 24.6 Å². The largest absolute Gasteiger partial charge is 0.478 e. The number of halogens is 3. The number of alkyl halides is 3. The SMILES string of the molecule is CCCCCCCCC(=O)Oc1ccc2c(-c3ccc4cc(C(=O)OC(CCCCCC)C(F)(F)F)ccc4c3)c(C(=O)O)ccc2c1. The summed E-state index contributed by atoms with van der Waals surface area (Å²) in [5.74, 6) is -2.11. The van der Waals surface area contributed by atoms with Crippen molar-refractivity contribution < 1.29 is 42.1 Å². The molecule has 4 aromatic carbocycles. The molecule has 4 rings (SSSR count). The first-order valence-corrected chi connectivity index (χ1v) is 16.8. The number of aromatic carboxylic acids is 1. The van der Waals surface area contributed by atoms with Gasteiger partial charge in [0.1, 0.15) is 5.75 Å². The van der Waals surface area contributed by atoms with Crippen LogP contribution in [0.15, 0.2) is 66.7 Å². The summed E-state index contributed by atoms with van der Waals surface area (Å²) in [6, 6.07) is 17.9. The van der Waals surface area contributed by atoms with Crippen molar-refractivity contribution in [3.05, 3.63) is 77.9 Å². The third kappa shape index (κ3) is 9.81. The second kappa shape index (κ2) is 17.1. The lowest BCUT2D eigenvalue weighted by molar-refractivity contribution is -0.206. The van der Waals surface area contributed by atoms with Crippen LogP contribution in [-0.4, -0.2) is 35.3 Å². The van der Waals surface area contributed by atoms with Crippen LogP contribution in [0.5, 0.6) is 5.75 Å². The third-order valence-corrected chi connectivity index (χ3v) is 8.49. The molecule has 4 aromatic rings. The molecule has 0 spiro atoms. The summed E-state index contributed by atoms with van der Waals surface area (Å²) in [5.41, 5.74) is 1.13. The first-order chi connectivity index (χ1) is 23.0. The van der Waals surface area contributed by atoms with Crippen molar-refractivity contribution in [2.75, 3.05) is 0 Å². The minimum Gasteiger partial charge on any atom is -0.478 e. The molecule has 256 valence electrons. The lowest BCUT2D eigenvalue weighted by atomic mass is 9.91. The number of hydrogen-bond acceptors (Lipinski definition) is 5. The fourth-order valence-corrected chi connectivity index (χ4v) is 5.86. The Morgan fingerprint density at radius 2 is 1.38 bits per heavy atom. The molecule has 48 heavy (non-hydrogen) atoms. The molecule has 0 fully saturated rings. The molecule has 6 nitrogen and oxygen atoms in total. The number of unbranched alkanes of at least 4 members (excludes halogenated alkanes) is 8. The Labute approximate surface area is 279 Å². The third-order valence-electron chi connectivity index (χ3n) is 8.49. The standard InChI is InChI=1S/C39H43F3O6/c1-3-5-7-9-10-12-14-35(43)47-31-20-22-32-28(25-31)19-21-33(37(44)45)36(32)29-17-15-27-24-30(18-16-26(27)23-29)38(46)48-34(39(40,41)42)13-11-8-6-4-2/h15-25,34H,3-14H2,1-2H3,(H,44,45). The summed E-state index contributed by atoms with van der Waals surface area (Å²) < 4.78 is 51.3. The predicted octanol–water partition coefficient (Wildman–Crippen LogP) is 11.1. The number of hydrogen-bond donors (Lipinski definition) is 1. The van der Waals surface area contributed by atoms with E-state index < -0.39 is 24.2 Å². The van der Waals surface area contributed by atoms with E-state index in [2.05, 4.69) is 6.92 Å². The Morgan fingerprint density at radius 1 is 0.729 bits per heavy atom. The lowest BCUT2D eigenvalue weighted by Gasteiger charge is -2.21. The molecule has 9 heteroatoms. The number of benzene rings is 4. The van der Waals surface area contributed by atoms with Gasteiger partial charge in [-0.25, -0.2) is 9.59 Å². The summed E-state index contributed by atoms with van der Waals surface area (Å²) in [5, 5.41) is 12.6. The van der Waals surface area contributed by atoms with E-state index in [0.717, 1.165) is 44.9 Å². The number of fused-ring (bicyclic) bond motifs is 2. The zero-order valence-corrected chi connectivity index (χ0v) is 27.5. The monoisotopic (exact) mass is 664 g/mol. The van der Waals surface area contributed by atoms with E-state index in [9.17, 15) is 32.7 Å². The molecule has 0 radical (unpaired) electrons. The Hall–Kier alpha value is -4.40. The molecule has 0 aliphatic rings. The average molecular weight is 665 g/mol. The van der Waals surface area contributed by atoms with Gasteiger partial charge in [0, 0.05) is 12.0 Å². The highest BCUT2D eigenvalue weighted by molar-refractivity contribution is 6.09. The quantitative estimate of drug-likeness (QED) is 0.0686. The van der Waals surface area contributed by atoms with Gasteiger partial charge in [0.15, 0.2) is 6.10 Å². The smallest absolute Gasteiger partial charge is 0.425 e. The highest BCUT2D eigenvalue weighted by Crippen LogP contribution is 2.36. The van der Waals surface area contributed by atoms with Crippen molar-refractivity contribution in [1.82, 2.24) is 0 Å². The molecular formula is C39H43F3O6. The van der Waals surface area contributed by atoms with Crippen LogP contribution < -0.4 is 4.74 Å². The highest BCUT2D eigenvalue weighted by atomic mass is 19.4. The van der Waals surface area contributed by atoms with Crippen LogP contribution in [0.3, 0.4) is 0 Å². The summed E-state index contributed by atoms with van der Waals surface area (Å²) in [4.78, 5) is 37.5. The van der Waals surface area contributed by atoms with Gasteiger partial charge in [-0.05, 0) is 82.8 Å². The number of carboxylic acids is 1. The maximum absolute atomic E-state index is 13.6. The van der Waals surface area contributed by atoms with Crippen molar-refractivity contribution in [3.63, 3.8) is 0 Å². The molecule has 1 atom stereocenters. The van der Waals surface area contributed by atoms with Crippen LogP contribution >= 0.6 is 0 Å². The van der Waals surface area contributed by atoms with Crippen LogP contribution in [0.4, 0.5) is 13.2 Å². The predicted molar refractivity (Wildman–Crippen MR) is 181 cm³/mol. The molecule has 0 aromatic heterocycles. The minimum absolute atomic E-state index is 0.00647. The van der Waals surface area contributed by atoms with Crippen molar-refractivity contribution >= 4 is 39.5 Å². The van der Waals surface area contributed by atoms with Gasteiger partial charge in [0.05, 0.1) is 11.1 Å². The van der Waals surface area contributed by atoms with Crippen LogP contribution in [0.25, 0.3) is 32.7 Å². The lowest BCUT2D eigenvalue weighted by Crippen LogP contribution is -2.33. The van der Waals surface area contributed by atoms with Gasteiger partial charge in [-0.2, -0.15) is 13.2 Å². The van der Waals surface area contributed by atoms with Crippen molar-refractivity contribution in [2.24, 2.45) is 0 Å². The summed E-state index contributed by atoms with van der Waals surface area (Å²) in [7, 11) is 0. The fraction of sp³-hybridized carbons (Fsp3) is 0.410. The Balaban J connectivity index is 1.55. The van der Waals surface area contributed by atoms with Gasteiger partial charge >= 0.3 is 24.1 Å². The zero-order valence-electron chi connectivity index (χ0n) is 27.5. The van der Waals surface area contributed by atoms with Gasteiger partial charge in [0.25, 0.3) is 0 Å². The first-order valence-electron chi connectivity index (χ1n) is 16.8. The van der Waals surface area contributed by atoms with E-state index in [1.54, 1.807) is 48.5 Å². The van der Waals surface area contributed by atoms with Gasteiger partial charge < -0.3 is 14.6 Å². The first kappa shape index (κ1) is 36.4. The van der Waals surface area contributed by atoms with Gasteiger partial charge in [-0.3, -0.25) is 4.79 Å². The fourth-order valence-electron chi connectivity index (χ4n) is 5.86. The van der Waals surface area contributed by atoms with E-state index in [1.807, 2.05) is 6.92 Å². The molecule has 0 amide bonds. The van der Waals surface area contributed by atoms with E-state index in [0.29, 0.717) is 57.7 Å². The second-order valence-corrected chi connectivity index (χ2v) is 12.2. The molecule has 0 saturated carbocycles. The highest BCUT2D eigenvalue weighted by Gasteiger charge is 2.42. The molecule has 0 saturated heterocycles. The van der Waals surface area contributed by atoms with Crippen molar-refractivity contribution in [3.8, 4) is 16.9 Å². The molecule has 0 aliphatic carbocycles. The maximum Gasteiger partial charge on any atom is 0.425 e. The normalized spacial score (nSPS) is 12.3. The number of carboxylic acid groups (broad SMARTS) is 1. The topological polar surface area (TPSA) is 89.9 Å². The Morgan fingerprint density at radius 3 is 2.08 bits per heavy atom. The number of esters is 2. The number of rotatable bonds is 17. The zero-order chi connectivity index (χ0) is 34.7. The maximum atomic E-state index is 13.6. The van der Waals surface area contributed by atoms with Gasteiger partial charge in [-0.1, -0.05) is 95.5 Å². The van der Waals surface area contributed by atoms with E-state index in [4.69, 9.17) is 9.47 Å². The average Bonchev–Trinajstić information content (AvgIpc) is 3.06. The van der Waals surface area contributed by atoms with E-state index >= 15 is 0 Å². The Kier molecular flexibility index (Phi) is 13.0. The van der Waals surface area contributed by atoms with Crippen LogP contribution in [0.2, 0.25) is 0 Å². The van der Waals surface area contributed by atoms with Crippen LogP contribution in [0, 0.1) is 0 Å². The van der Waals surface area contributed by atoms with Gasteiger partial charge in [0.2, 0.25) is 0 Å². The van der Waals surface area contributed by atoms with Crippen molar-refractivity contribution in [2.45, 2.75) is 103 Å². The number of carbonyl (C=O) groups excluding carboxylic acids is 2. The molecule has 1 unspecified atom stereocenters. The van der Waals surface area contributed by atoms with Crippen molar-refractivity contribution in [1.29, 1.82) is 0 Å². The second-order valence-electron chi connectivity index (χ2n) is 12.2. The summed E-state index contributed by atoms with van der Waals surface area (Å²) >= 11 is 0. The molecular weight excluding hydrogens is 621 g/mol. The number of carbonyl (C=O) groups is 3. The van der Waals surface area contributed by atoms with Gasteiger partial charge in [-0.15, -0.1) is 0 Å². The Bertz CT molecular complexity index is 1730. The molecule has 0 heterocycles.